The van der Waals surface area contributed by atoms with E-state index < -0.39 is 81.0 Å². The molecule has 2 saturated heterocycles. The second kappa shape index (κ2) is 12.0. The fourth-order valence-electron chi connectivity index (χ4n) is 5.26. The van der Waals surface area contributed by atoms with E-state index in [4.69, 9.17) is 33.3 Å². The maximum Gasteiger partial charge on any atom is 0.386 e. The van der Waals surface area contributed by atoms with Gasteiger partial charge in [-0.3, -0.25) is 23.4 Å². The van der Waals surface area contributed by atoms with E-state index in [9.17, 15) is 19.0 Å². The Bertz CT molecular complexity index is 1640. The van der Waals surface area contributed by atoms with E-state index in [1.165, 1.54) is 29.5 Å². The number of hydrogen-bond donors (Lipinski definition) is 5. The highest BCUT2D eigenvalue weighted by Gasteiger charge is 2.51. The molecule has 0 radical (unpaired) electrons. The van der Waals surface area contributed by atoms with Gasteiger partial charge in [-0.15, -0.1) is 0 Å². The smallest absolute Gasteiger partial charge is 0.386 e. The highest BCUT2D eigenvalue weighted by Crippen LogP contribution is 2.59. The molecule has 17 nitrogen and oxygen atoms in total. The summed E-state index contributed by atoms with van der Waals surface area (Å²) < 4.78 is 77.1. The minimum absolute atomic E-state index is 0.0258. The summed E-state index contributed by atoms with van der Waals surface area (Å²) in [7, 11) is 0. The molecule has 5 heterocycles. The Morgan fingerprint density at radius 3 is 2.70 bits per heavy atom. The molecule has 0 amide bonds. The van der Waals surface area contributed by atoms with Crippen molar-refractivity contribution in [2.24, 2.45) is 11.8 Å². The Kier molecular flexibility index (Phi) is 8.62. The average molecular weight is 682 g/mol. The molecular formula is C21H26FN7O10P2S2. The standard InChI is InChI=1S/C21H26FN7O10P2S2/c22-14-10-5-35-40(32,42)36-6-12-16(30)17(20(38-12)29-8-26-15-18(29)27-21(23)28-19(15)31)39-41(33,43)34-4-9(10)3-11(14)37-13-1-2-24-7-25-13/h1-2,7-12,14,16-17,20,30H,3-6H2,(H,32,42)(H,33,43)(H3,23,27,28,31)/t9-,10-,11-,12-,14-,16-,17-,20-,40?,41?/m1/s1. The van der Waals surface area contributed by atoms with Crippen LogP contribution in [0, 0.1) is 11.8 Å². The van der Waals surface area contributed by atoms with Crippen molar-refractivity contribution in [1.82, 2.24) is 29.5 Å². The van der Waals surface area contributed by atoms with Crippen molar-refractivity contribution >= 4 is 55.2 Å². The van der Waals surface area contributed by atoms with Crippen LogP contribution >= 0.6 is 38.1 Å². The second-order valence-electron chi connectivity index (χ2n) is 10.0. The van der Waals surface area contributed by atoms with Gasteiger partial charge in [0.05, 0.1) is 26.1 Å². The first-order chi connectivity index (χ1) is 20.4. The molecule has 1 saturated carbocycles. The SMILES string of the molecule is Nc1nc2c(ncn2[C@@H]2O[C@@H]3COP(=O)(S)OC[C@@H]4[C@@H](COP(=O)(S)O[C@@H]2[C@@H]3O)C[C@@H](Oc2ccncn2)[C@@H]4F)c(=O)[nH]1. The van der Waals surface area contributed by atoms with Crippen molar-refractivity contribution in [2.45, 2.75) is 43.2 Å². The van der Waals surface area contributed by atoms with E-state index in [1.807, 2.05) is 0 Å². The summed E-state index contributed by atoms with van der Waals surface area (Å²) in [6.45, 7) is -9.68. The first-order valence-corrected chi connectivity index (χ1v) is 18.2. The Balaban J connectivity index is 1.29. The molecule has 2 aliphatic heterocycles. The third kappa shape index (κ3) is 6.49. The number of thiol groups is 2. The number of aromatic amines is 1. The fraction of sp³-hybridized carbons (Fsp3) is 0.571. The van der Waals surface area contributed by atoms with Gasteiger partial charge in [0.15, 0.2) is 17.4 Å². The summed E-state index contributed by atoms with van der Waals surface area (Å²) in [6, 6.07) is 1.46. The molecule has 1 aliphatic carbocycles. The van der Waals surface area contributed by atoms with Crippen molar-refractivity contribution in [3.05, 3.63) is 35.3 Å². The zero-order valence-electron chi connectivity index (χ0n) is 21.9. The van der Waals surface area contributed by atoms with Gasteiger partial charge in [0, 0.05) is 18.2 Å². The first-order valence-electron chi connectivity index (χ1n) is 12.8. The van der Waals surface area contributed by atoms with Crippen LogP contribution in [0.2, 0.25) is 0 Å². The fourth-order valence-corrected chi connectivity index (χ4v) is 7.93. The summed E-state index contributed by atoms with van der Waals surface area (Å²) in [6.07, 6.45) is -4.24. The third-order valence-electron chi connectivity index (χ3n) is 7.31. The van der Waals surface area contributed by atoms with Crippen molar-refractivity contribution in [1.29, 1.82) is 0 Å². The number of nitrogens with two attached hydrogens (primary N) is 1. The monoisotopic (exact) mass is 681 g/mol. The molecular weight excluding hydrogens is 655 g/mol. The molecule has 10 atom stereocenters. The number of ether oxygens (including phenoxy) is 2. The zero-order chi connectivity index (χ0) is 30.5. The van der Waals surface area contributed by atoms with Crippen molar-refractivity contribution in [3.8, 4) is 5.88 Å². The number of nitrogens with one attached hydrogen (secondary N) is 1. The van der Waals surface area contributed by atoms with Crippen LogP contribution in [0.1, 0.15) is 12.6 Å². The number of rotatable bonds is 3. The molecule has 0 aromatic carbocycles. The van der Waals surface area contributed by atoms with Gasteiger partial charge in [-0.05, 0) is 12.3 Å². The van der Waals surface area contributed by atoms with Crippen LogP contribution in [0.4, 0.5) is 10.3 Å². The van der Waals surface area contributed by atoms with Crippen molar-refractivity contribution in [2.75, 3.05) is 25.6 Å². The number of alkyl halides is 1. The number of aliphatic hydroxyl groups is 1. The van der Waals surface area contributed by atoms with E-state index in [2.05, 4.69) is 49.4 Å². The number of fused-ring (bicyclic) bond motifs is 4. The third-order valence-corrected chi connectivity index (χ3v) is 10.6. The number of nitrogen functional groups attached to an aromatic ring is 1. The van der Waals surface area contributed by atoms with Gasteiger partial charge in [-0.25, -0.2) is 28.5 Å². The predicted molar refractivity (Wildman–Crippen MR) is 151 cm³/mol. The molecule has 6 rings (SSSR count). The highest BCUT2D eigenvalue weighted by molar-refractivity contribution is 8.44. The Morgan fingerprint density at radius 2 is 1.93 bits per heavy atom. The zero-order valence-corrected chi connectivity index (χ0v) is 25.4. The second-order valence-corrected chi connectivity index (χ2v) is 15.8. The molecule has 22 heteroatoms. The molecule has 3 aliphatic rings. The summed E-state index contributed by atoms with van der Waals surface area (Å²) in [4.78, 5) is 30.5. The summed E-state index contributed by atoms with van der Waals surface area (Å²) in [5.74, 6) is -1.69. The van der Waals surface area contributed by atoms with Crippen LogP contribution < -0.4 is 16.0 Å². The minimum atomic E-state index is -4.27. The van der Waals surface area contributed by atoms with Gasteiger partial charge in [0.25, 0.3) is 5.56 Å². The summed E-state index contributed by atoms with van der Waals surface area (Å²) in [5.41, 5.74) is 4.94. The van der Waals surface area contributed by atoms with Crippen LogP contribution in [0.25, 0.3) is 11.2 Å². The Labute approximate surface area is 252 Å². The Morgan fingerprint density at radius 1 is 1.16 bits per heavy atom. The topological polar surface area (TPSA) is 225 Å². The van der Waals surface area contributed by atoms with Crippen molar-refractivity contribution in [3.63, 3.8) is 0 Å². The molecule has 3 aromatic rings. The molecule has 3 aromatic heterocycles. The number of anilines is 1. The molecule has 2 unspecified atom stereocenters. The quantitative estimate of drug-likeness (QED) is 0.196. The predicted octanol–water partition coefficient (Wildman–Crippen LogP) is 1.70. The van der Waals surface area contributed by atoms with Crippen LogP contribution in [0.3, 0.4) is 0 Å². The van der Waals surface area contributed by atoms with Crippen molar-refractivity contribution < 1.29 is 46.2 Å². The average Bonchev–Trinajstić information content (AvgIpc) is 3.59. The van der Waals surface area contributed by atoms with Gasteiger partial charge in [-0.2, -0.15) is 4.98 Å². The molecule has 234 valence electrons. The molecule has 4 N–H and O–H groups in total. The van der Waals surface area contributed by atoms with Crippen LogP contribution in [0.15, 0.2) is 29.7 Å². The van der Waals surface area contributed by atoms with Gasteiger partial charge in [0.2, 0.25) is 11.8 Å². The molecule has 2 bridgehead atoms. The summed E-state index contributed by atoms with van der Waals surface area (Å²) in [5, 5.41) is 11.1. The highest BCUT2D eigenvalue weighted by atomic mass is 32.7. The van der Waals surface area contributed by atoms with E-state index >= 15 is 4.39 Å². The lowest BCUT2D eigenvalue weighted by Crippen LogP contribution is -2.35. The van der Waals surface area contributed by atoms with Gasteiger partial charge in [0.1, 0.15) is 36.9 Å². The minimum Gasteiger partial charge on any atom is -0.471 e. The lowest BCUT2D eigenvalue weighted by atomic mass is 9.97. The number of imidazole rings is 1. The largest absolute Gasteiger partial charge is 0.471 e. The van der Waals surface area contributed by atoms with E-state index in [1.54, 1.807) is 0 Å². The van der Waals surface area contributed by atoms with E-state index in [0.29, 0.717) is 0 Å². The van der Waals surface area contributed by atoms with Crippen LogP contribution in [0.5, 0.6) is 5.88 Å². The number of hydrogen-bond acceptors (Lipinski definition) is 15. The molecule has 0 spiro atoms. The maximum absolute atomic E-state index is 15.6. The van der Waals surface area contributed by atoms with Crippen LogP contribution in [-0.2, 0) is 32.0 Å². The summed E-state index contributed by atoms with van der Waals surface area (Å²) >= 11 is 8.09. The number of halogens is 1. The molecule has 43 heavy (non-hydrogen) atoms. The van der Waals surface area contributed by atoms with E-state index in [0.717, 1.165) is 0 Å². The normalized spacial score (nSPS) is 38.9. The first kappa shape index (κ1) is 30.9. The van der Waals surface area contributed by atoms with E-state index in [-0.39, 0.29) is 36.0 Å². The lowest BCUT2D eigenvalue weighted by molar-refractivity contribution is -0.0463. The molecule has 3 fully saturated rings. The van der Waals surface area contributed by atoms with Gasteiger partial charge in [-0.1, -0.05) is 24.5 Å². The number of H-pyrrole nitrogens is 1. The van der Waals surface area contributed by atoms with Crippen LogP contribution in [-0.4, -0.2) is 85.0 Å². The lowest BCUT2D eigenvalue weighted by Gasteiger charge is -2.27. The number of aromatic nitrogens is 6. The Hall–Kier alpha value is -2.12. The maximum atomic E-state index is 15.6. The number of nitrogens with zero attached hydrogens (tertiary/aromatic N) is 5. The van der Waals surface area contributed by atoms with Gasteiger partial charge < -0.3 is 29.4 Å². The number of aliphatic hydroxyl groups excluding tert-OH is 1. The van der Waals surface area contributed by atoms with Gasteiger partial charge >= 0.3 is 13.6 Å².